The molecule has 2 heterocycles. The predicted molar refractivity (Wildman–Crippen MR) is 88.6 cm³/mol. The minimum atomic E-state index is -0.194. The molecular weight excluding hydrogens is 330 g/mol. The Morgan fingerprint density at radius 3 is 2.83 bits per heavy atom. The molecule has 0 aliphatic rings. The van der Waals surface area contributed by atoms with Crippen molar-refractivity contribution in [2.45, 2.75) is 13.3 Å². The van der Waals surface area contributed by atoms with E-state index in [2.05, 4.69) is 20.6 Å². The van der Waals surface area contributed by atoms with Crippen LogP contribution in [0.1, 0.15) is 10.8 Å². The number of amides is 1. The number of ether oxygens (including phenoxy) is 2. The summed E-state index contributed by atoms with van der Waals surface area (Å²) in [5.74, 6) is 1.70. The number of carbonyl (C=O) groups excluding carboxylic acids is 1. The number of benzene rings is 1. The van der Waals surface area contributed by atoms with Crippen LogP contribution in [0.15, 0.2) is 24.3 Å². The molecule has 3 rings (SSSR count). The van der Waals surface area contributed by atoms with Crippen molar-refractivity contribution in [2.75, 3.05) is 20.3 Å². The second-order valence-electron chi connectivity index (χ2n) is 4.98. The van der Waals surface area contributed by atoms with Gasteiger partial charge in [0, 0.05) is 13.0 Å². The number of aromatic nitrogens is 4. The maximum Gasteiger partial charge on any atom is 0.257 e. The van der Waals surface area contributed by atoms with E-state index in [1.807, 2.05) is 19.1 Å². The second-order valence-corrected chi connectivity index (χ2v) is 6.02. The molecular formula is C15H17N5O3S. The van der Waals surface area contributed by atoms with E-state index in [-0.39, 0.29) is 12.5 Å². The quantitative estimate of drug-likeness (QED) is 0.691. The molecule has 24 heavy (non-hydrogen) atoms. The van der Waals surface area contributed by atoms with Crippen LogP contribution in [0.4, 0.5) is 0 Å². The lowest BCUT2D eigenvalue weighted by atomic mass is 10.3. The summed E-state index contributed by atoms with van der Waals surface area (Å²) in [7, 11) is 1.56. The Labute approximate surface area is 142 Å². The van der Waals surface area contributed by atoms with Crippen molar-refractivity contribution in [3.63, 3.8) is 0 Å². The van der Waals surface area contributed by atoms with Crippen LogP contribution in [0.25, 0.3) is 4.96 Å². The zero-order valence-corrected chi connectivity index (χ0v) is 14.2. The van der Waals surface area contributed by atoms with Gasteiger partial charge in [-0.15, -0.1) is 10.2 Å². The van der Waals surface area contributed by atoms with Crippen LogP contribution in [-0.4, -0.2) is 46.0 Å². The van der Waals surface area contributed by atoms with Crippen molar-refractivity contribution in [1.82, 2.24) is 25.1 Å². The number of nitrogens with zero attached hydrogens (tertiary/aromatic N) is 4. The topological polar surface area (TPSA) is 90.6 Å². The summed E-state index contributed by atoms with van der Waals surface area (Å²) in [6.07, 6.45) is 0.633. The van der Waals surface area contributed by atoms with E-state index in [1.54, 1.807) is 23.8 Å². The zero-order valence-electron chi connectivity index (χ0n) is 13.4. The summed E-state index contributed by atoms with van der Waals surface area (Å²) < 4.78 is 12.3. The largest absolute Gasteiger partial charge is 0.493 e. The molecule has 0 fully saturated rings. The van der Waals surface area contributed by atoms with E-state index in [1.165, 1.54) is 11.3 Å². The maximum absolute atomic E-state index is 11.9. The highest BCUT2D eigenvalue weighted by Crippen LogP contribution is 2.25. The molecule has 3 aromatic rings. The maximum atomic E-state index is 11.9. The Balaban J connectivity index is 1.45. The lowest BCUT2D eigenvalue weighted by Crippen LogP contribution is -2.30. The van der Waals surface area contributed by atoms with Crippen LogP contribution in [0.2, 0.25) is 0 Å². The number of methoxy groups -OCH3 is 1. The molecule has 126 valence electrons. The summed E-state index contributed by atoms with van der Waals surface area (Å²) in [4.78, 5) is 12.6. The Morgan fingerprint density at radius 2 is 2.08 bits per heavy atom. The Bertz CT molecular complexity index is 845. The molecule has 0 aliphatic heterocycles. The third-order valence-corrected chi connectivity index (χ3v) is 4.24. The number of rotatable bonds is 7. The molecule has 0 spiro atoms. The number of para-hydroxylation sites is 2. The Hall–Kier alpha value is -2.68. The van der Waals surface area contributed by atoms with Gasteiger partial charge in [0.15, 0.2) is 23.9 Å². The summed E-state index contributed by atoms with van der Waals surface area (Å²) in [5.41, 5.74) is 0. The van der Waals surface area contributed by atoms with Crippen molar-refractivity contribution in [1.29, 1.82) is 0 Å². The van der Waals surface area contributed by atoms with Crippen molar-refractivity contribution < 1.29 is 14.3 Å². The second kappa shape index (κ2) is 7.26. The monoisotopic (exact) mass is 347 g/mol. The summed E-state index contributed by atoms with van der Waals surface area (Å²) in [6, 6.07) is 7.20. The highest BCUT2D eigenvalue weighted by atomic mass is 32.1. The number of nitrogens with one attached hydrogen (secondary N) is 1. The summed E-state index contributed by atoms with van der Waals surface area (Å²) >= 11 is 1.46. The van der Waals surface area contributed by atoms with Gasteiger partial charge in [0.05, 0.1) is 7.11 Å². The lowest BCUT2D eigenvalue weighted by molar-refractivity contribution is -0.123. The molecule has 1 amide bonds. The first-order valence-corrected chi connectivity index (χ1v) is 8.19. The number of carbonyl (C=O) groups is 1. The van der Waals surface area contributed by atoms with E-state index in [4.69, 9.17) is 9.47 Å². The molecule has 1 N–H and O–H groups in total. The van der Waals surface area contributed by atoms with Crippen LogP contribution >= 0.6 is 11.3 Å². The van der Waals surface area contributed by atoms with Crippen molar-refractivity contribution >= 4 is 22.2 Å². The molecule has 0 saturated heterocycles. The number of fused-ring (bicyclic) bond motifs is 1. The molecule has 0 atom stereocenters. The van der Waals surface area contributed by atoms with Gasteiger partial charge in [-0.2, -0.15) is 9.61 Å². The van der Waals surface area contributed by atoms with Gasteiger partial charge in [-0.1, -0.05) is 23.5 Å². The van der Waals surface area contributed by atoms with Crippen LogP contribution in [0, 0.1) is 6.92 Å². The standard InChI is InChI=1S/C15H17N5O3S/c1-10-17-18-15-20(10)19-14(24-15)7-8-16-13(21)9-23-12-6-4-3-5-11(12)22-2/h3-6H,7-9H2,1-2H3,(H,16,21). The Morgan fingerprint density at radius 1 is 1.29 bits per heavy atom. The van der Waals surface area contributed by atoms with Gasteiger partial charge < -0.3 is 14.8 Å². The predicted octanol–water partition coefficient (Wildman–Crippen LogP) is 1.24. The third kappa shape index (κ3) is 3.62. The van der Waals surface area contributed by atoms with Crippen molar-refractivity contribution in [3.05, 3.63) is 35.1 Å². The average Bonchev–Trinajstić information content (AvgIpc) is 3.15. The smallest absolute Gasteiger partial charge is 0.257 e. The van der Waals surface area contributed by atoms with Crippen LogP contribution in [0.5, 0.6) is 11.5 Å². The SMILES string of the molecule is COc1ccccc1OCC(=O)NCCc1nn2c(C)nnc2s1. The molecule has 0 aliphatic carbocycles. The zero-order chi connectivity index (χ0) is 16.9. The number of hydrogen-bond donors (Lipinski definition) is 1. The van der Waals surface area contributed by atoms with Gasteiger partial charge in [-0.05, 0) is 19.1 Å². The molecule has 1 aromatic carbocycles. The number of hydrogen-bond acceptors (Lipinski definition) is 7. The molecule has 0 bridgehead atoms. The van der Waals surface area contributed by atoms with E-state index >= 15 is 0 Å². The van der Waals surface area contributed by atoms with E-state index < -0.39 is 0 Å². The van der Waals surface area contributed by atoms with Gasteiger partial charge in [0.2, 0.25) is 4.96 Å². The fourth-order valence-corrected chi connectivity index (χ4v) is 2.98. The number of aryl methyl sites for hydroxylation is 1. The molecule has 0 saturated carbocycles. The van der Waals surface area contributed by atoms with E-state index in [0.29, 0.717) is 24.5 Å². The summed E-state index contributed by atoms with van der Waals surface area (Å²) in [5, 5.41) is 16.0. The fraction of sp³-hybridized carbons (Fsp3) is 0.333. The van der Waals surface area contributed by atoms with Crippen LogP contribution in [-0.2, 0) is 11.2 Å². The molecule has 8 nitrogen and oxygen atoms in total. The van der Waals surface area contributed by atoms with Crippen molar-refractivity contribution in [2.24, 2.45) is 0 Å². The van der Waals surface area contributed by atoms with Gasteiger partial charge in [0.25, 0.3) is 5.91 Å². The fourth-order valence-electron chi connectivity index (χ4n) is 2.10. The first-order valence-electron chi connectivity index (χ1n) is 7.37. The molecule has 9 heteroatoms. The first kappa shape index (κ1) is 16.2. The van der Waals surface area contributed by atoms with Gasteiger partial charge in [0.1, 0.15) is 5.01 Å². The minimum Gasteiger partial charge on any atom is -0.493 e. The normalized spacial score (nSPS) is 10.8. The summed E-state index contributed by atoms with van der Waals surface area (Å²) in [6.45, 7) is 2.27. The molecule has 2 aromatic heterocycles. The van der Waals surface area contributed by atoms with Crippen molar-refractivity contribution in [3.8, 4) is 11.5 Å². The van der Waals surface area contributed by atoms with Crippen LogP contribution < -0.4 is 14.8 Å². The third-order valence-electron chi connectivity index (χ3n) is 3.28. The minimum absolute atomic E-state index is 0.0649. The Kier molecular flexibility index (Phi) is 4.90. The molecule has 0 radical (unpaired) electrons. The highest BCUT2D eigenvalue weighted by molar-refractivity contribution is 7.16. The first-order chi connectivity index (χ1) is 11.7. The van der Waals surface area contributed by atoms with E-state index in [9.17, 15) is 4.79 Å². The van der Waals surface area contributed by atoms with Gasteiger partial charge in [-0.25, -0.2) is 0 Å². The van der Waals surface area contributed by atoms with E-state index in [0.717, 1.165) is 15.8 Å². The lowest BCUT2D eigenvalue weighted by Gasteiger charge is -2.10. The van der Waals surface area contributed by atoms with Gasteiger partial charge in [-0.3, -0.25) is 4.79 Å². The highest BCUT2D eigenvalue weighted by Gasteiger charge is 2.10. The van der Waals surface area contributed by atoms with Gasteiger partial charge >= 0.3 is 0 Å². The molecule has 0 unspecified atom stereocenters. The van der Waals surface area contributed by atoms with Crippen LogP contribution in [0.3, 0.4) is 0 Å². The average molecular weight is 347 g/mol.